The summed E-state index contributed by atoms with van der Waals surface area (Å²) in [7, 11) is 0. The second-order valence-corrected chi connectivity index (χ2v) is 7.33. The number of hydrogen-bond donors (Lipinski definition) is 3. The van der Waals surface area contributed by atoms with E-state index in [1.54, 1.807) is 54.6 Å². The van der Waals surface area contributed by atoms with Gasteiger partial charge in [-0.25, -0.2) is 4.79 Å². The highest BCUT2D eigenvalue weighted by Gasteiger charge is 2.29. The van der Waals surface area contributed by atoms with Crippen molar-refractivity contribution in [2.75, 3.05) is 0 Å². The van der Waals surface area contributed by atoms with E-state index in [9.17, 15) is 24.3 Å². The van der Waals surface area contributed by atoms with Crippen LogP contribution in [0.5, 0.6) is 5.88 Å². The summed E-state index contributed by atoms with van der Waals surface area (Å²) < 4.78 is 2.43. The smallest absolute Gasteiger partial charge is 0.328 e. The molecule has 9 nitrogen and oxygen atoms in total. The number of carbonyl (C=O) groups is 3. The van der Waals surface area contributed by atoms with Gasteiger partial charge in [-0.3, -0.25) is 34.2 Å². The molecule has 1 saturated heterocycles. The summed E-state index contributed by atoms with van der Waals surface area (Å²) in [5, 5.41) is 14.9. The SMILES string of the molecule is Cc1ccc(-n2c(O)c(C=C3C(=O)NC(=O)NC3=O)c(=O)n(-c3ccccc3)c2=S)cc1. The maximum absolute atomic E-state index is 13.3. The number of urea groups is 1. The third kappa shape index (κ3) is 3.63. The van der Waals surface area contributed by atoms with Gasteiger partial charge in [0.1, 0.15) is 11.1 Å². The van der Waals surface area contributed by atoms with Crippen molar-refractivity contribution in [3.05, 3.63) is 86.4 Å². The summed E-state index contributed by atoms with van der Waals surface area (Å²) in [6, 6.07) is 14.6. The molecule has 4 amide bonds. The van der Waals surface area contributed by atoms with E-state index in [0.717, 1.165) is 11.6 Å². The maximum atomic E-state index is 13.3. The Morgan fingerprint density at radius 3 is 2.00 bits per heavy atom. The van der Waals surface area contributed by atoms with Gasteiger partial charge in [-0.1, -0.05) is 35.9 Å². The second kappa shape index (κ2) is 8.08. The molecule has 0 saturated carbocycles. The van der Waals surface area contributed by atoms with Gasteiger partial charge >= 0.3 is 6.03 Å². The monoisotopic (exact) mass is 448 g/mol. The number of nitrogens with zero attached hydrogens (tertiary/aromatic N) is 2. The molecule has 3 N–H and O–H groups in total. The molecule has 160 valence electrons. The first kappa shape index (κ1) is 20.9. The molecular weight excluding hydrogens is 432 g/mol. The Kier molecular flexibility index (Phi) is 5.29. The van der Waals surface area contributed by atoms with Crippen LogP contribution in [0.4, 0.5) is 4.79 Å². The molecule has 0 unspecified atom stereocenters. The van der Waals surface area contributed by atoms with Crippen LogP contribution in [-0.4, -0.2) is 32.1 Å². The van der Waals surface area contributed by atoms with Crippen molar-refractivity contribution in [2.45, 2.75) is 6.92 Å². The van der Waals surface area contributed by atoms with Crippen molar-refractivity contribution in [3.63, 3.8) is 0 Å². The molecule has 32 heavy (non-hydrogen) atoms. The molecule has 0 bridgehead atoms. The second-order valence-electron chi connectivity index (χ2n) is 6.96. The molecule has 3 aromatic rings. The third-order valence-electron chi connectivity index (χ3n) is 4.81. The first-order chi connectivity index (χ1) is 15.3. The first-order valence-electron chi connectivity index (χ1n) is 9.40. The summed E-state index contributed by atoms with van der Waals surface area (Å²) >= 11 is 5.53. The van der Waals surface area contributed by atoms with Gasteiger partial charge in [0.25, 0.3) is 17.4 Å². The molecule has 1 fully saturated rings. The Hall–Kier alpha value is -4.31. The normalized spacial score (nSPS) is 13.5. The molecule has 1 aliphatic rings. The standard InChI is InChI=1S/C22H16N4O5S/c1-12-7-9-14(10-8-12)26-20(30)16(11-15-17(27)23-21(31)24-18(15)28)19(29)25(22(26)32)13-5-3-2-4-6-13/h2-11,30H,1H3,(H2,23,24,27,28,31). The van der Waals surface area contributed by atoms with E-state index in [4.69, 9.17) is 12.2 Å². The van der Waals surface area contributed by atoms with Crippen LogP contribution in [0.3, 0.4) is 0 Å². The van der Waals surface area contributed by atoms with E-state index in [2.05, 4.69) is 0 Å². The fourth-order valence-electron chi connectivity index (χ4n) is 3.22. The number of para-hydroxylation sites is 1. The predicted octanol–water partition coefficient (Wildman–Crippen LogP) is 2.12. The van der Waals surface area contributed by atoms with Crippen LogP contribution in [0.2, 0.25) is 0 Å². The molecule has 2 aromatic carbocycles. The van der Waals surface area contributed by atoms with Crippen LogP contribution in [0.1, 0.15) is 11.1 Å². The lowest BCUT2D eigenvalue weighted by Crippen LogP contribution is -2.51. The molecule has 1 aliphatic heterocycles. The molecule has 1 aromatic heterocycles. The highest BCUT2D eigenvalue weighted by atomic mass is 32.1. The Morgan fingerprint density at radius 2 is 1.41 bits per heavy atom. The molecule has 10 heteroatoms. The van der Waals surface area contributed by atoms with Gasteiger partial charge in [0, 0.05) is 0 Å². The van der Waals surface area contributed by atoms with E-state index in [1.165, 1.54) is 9.13 Å². The number of amides is 4. The lowest BCUT2D eigenvalue weighted by atomic mass is 10.1. The van der Waals surface area contributed by atoms with Crippen molar-refractivity contribution < 1.29 is 19.5 Å². The highest BCUT2D eigenvalue weighted by Crippen LogP contribution is 2.24. The Labute approximate surface area is 186 Å². The zero-order chi connectivity index (χ0) is 23.0. The number of imide groups is 2. The quantitative estimate of drug-likeness (QED) is 0.321. The van der Waals surface area contributed by atoms with Crippen LogP contribution in [-0.2, 0) is 9.59 Å². The van der Waals surface area contributed by atoms with E-state index < -0.39 is 34.9 Å². The van der Waals surface area contributed by atoms with E-state index in [1.807, 2.05) is 17.6 Å². The molecule has 0 atom stereocenters. The summed E-state index contributed by atoms with van der Waals surface area (Å²) in [5.74, 6) is -2.54. The third-order valence-corrected chi connectivity index (χ3v) is 5.17. The number of benzene rings is 2. The zero-order valence-electron chi connectivity index (χ0n) is 16.7. The van der Waals surface area contributed by atoms with Gasteiger partial charge in [0.15, 0.2) is 4.77 Å². The number of barbiturate groups is 1. The first-order valence-corrected chi connectivity index (χ1v) is 9.80. The minimum absolute atomic E-state index is 0.0163. The maximum Gasteiger partial charge on any atom is 0.328 e. The van der Waals surface area contributed by atoms with Gasteiger partial charge in [0.2, 0.25) is 5.88 Å². The van der Waals surface area contributed by atoms with Crippen LogP contribution < -0.4 is 16.2 Å². The number of carbonyl (C=O) groups excluding carboxylic acids is 3. The average molecular weight is 448 g/mol. The van der Waals surface area contributed by atoms with Gasteiger partial charge in [-0.2, -0.15) is 0 Å². The van der Waals surface area contributed by atoms with Crippen molar-refractivity contribution >= 4 is 36.1 Å². The van der Waals surface area contributed by atoms with Crippen LogP contribution in [0.25, 0.3) is 17.5 Å². The summed E-state index contributed by atoms with van der Waals surface area (Å²) in [6.07, 6.45) is 0.938. The van der Waals surface area contributed by atoms with Crippen LogP contribution >= 0.6 is 12.2 Å². The van der Waals surface area contributed by atoms with Crippen molar-refractivity contribution in [3.8, 4) is 17.3 Å². The molecule has 0 spiro atoms. The highest BCUT2D eigenvalue weighted by molar-refractivity contribution is 7.71. The Bertz CT molecular complexity index is 1400. The van der Waals surface area contributed by atoms with Crippen molar-refractivity contribution in [1.82, 2.24) is 19.8 Å². The molecule has 4 rings (SSSR count). The van der Waals surface area contributed by atoms with Crippen molar-refractivity contribution in [2.24, 2.45) is 0 Å². The number of aryl methyl sites for hydroxylation is 1. The minimum Gasteiger partial charge on any atom is -0.494 e. The summed E-state index contributed by atoms with van der Waals surface area (Å²) in [4.78, 5) is 49.0. The number of aromatic nitrogens is 2. The van der Waals surface area contributed by atoms with Crippen molar-refractivity contribution in [1.29, 1.82) is 0 Å². The van der Waals surface area contributed by atoms with Gasteiger partial charge < -0.3 is 5.11 Å². The lowest BCUT2D eigenvalue weighted by Gasteiger charge is -2.18. The van der Waals surface area contributed by atoms with E-state index in [-0.39, 0.29) is 10.3 Å². The Balaban J connectivity index is 2.06. The van der Waals surface area contributed by atoms with Gasteiger partial charge in [-0.05, 0) is 49.5 Å². The molecular formula is C22H16N4O5S. The fraction of sp³-hybridized carbons (Fsp3) is 0.0455. The van der Waals surface area contributed by atoms with Crippen LogP contribution in [0.15, 0.2) is 65.0 Å². The lowest BCUT2D eigenvalue weighted by molar-refractivity contribution is -0.123. The average Bonchev–Trinajstić information content (AvgIpc) is 2.75. The molecule has 0 radical (unpaired) electrons. The largest absolute Gasteiger partial charge is 0.494 e. The van der Waals surface area contributed by atoms with Crippen LogP contribution in [0, 0.1) is 11.7 Å². The summed E-state index contributed by atoms with van der Waals surface area (Å²) in [5.41, 5.74) is 0.263. The number of rotatable bonds is 3. The number of hydrogen-bond acceptors (Lipinski definition) is 6. The number of aromatic hydroxyl groups is 1. The van der Waals surface area contributed by atoms with Gasteiger partial charge in [0.05, 0.1) is 11.4 Å². The fourth-order valence-corrected chi connectivity index (χ4v) is 3.60. The van der Waals surface area contributed by atoms with E-state index in [0.29, 0.717) is 11.4 Å². The molecule has 2 heterocycles. The topological polar surface area (TPSA) is 122 Å². The Morgan fingerprint density at radius 1 is 0.844 bits per heavy atom. The predicted molar refractivity (Wildman–Crippen MR) is 118 cm³/mol. The zero-order valence-corrected chi connectivity index (χ0v) is 17.5. The summed E-state index contributed by atoms with van der Waals surface area (Å²) in [6.45, 7) is 1.89. The number of nitrogens with one attached hydrogen (secondary N) is 2. The van der Waals surface area contributed by atoms with Gasteiger partial charge in [-0.15, -0.1) is 0 Å². The van der Waals surface area contributed by atoms with E-state index >= 15 is 0 Å². The molecule has 0 aliphatic carbocycles. The minimum atomic E-state index is -0.992.